The number of benzene rings is 2. The lowest BCUT2D eigenvalue weighted by Crippen LogP contribution is -2.40. The van der Waals surface area contributed by atoms with Crippen molar-refractivity contribution in [1.29, 1.82) is 0 Å². The maximum absolute atomic E-state index is 14.0. The largest absolute Gasteiger partial charge is 0.304 e. The Morgan fingerprint density at radius 3 is 2.53 bits per heavy atom. The molecule has 1 aliphatic rings. The molecule has 0 saturated heterocycles. The van der Waals surface area contributed by atoms with Gasteiger partial charge >= 0.3 is 0 Å². The Labute approximate surface area is 218 Å². The zero-order chi connectivity index (χ0) is 25.4. The molecule has 2 aromatic carbocycles. The Balaban J connectivity index is 1.71. The first kappa shape index (κ1) is 24.2. The number of rotatable bonds is 5. The molecule has 0 unspecified atom stereocenters. The van der Waals surface area contributed by atoms with Gasteiger partial charge in [-0.15, -0.1) is 0 Å². The molecule has 0 saturated carbocycles. The van der Waals surface area contributed by atoms with Gasteiger partial charge in [0.15, 0.2) is 0 Å². The van der Waals surface area contributed by atoms with E-state index in [0.29, 0.717) is 38.3 Å². The Kier molecular flexibility index (Phi) is 6.65. The average Bonchev–Trinajstić information content (AvgIpc) is 2.98. The molecule has 1 aliphatic heterocycles. The molecule has 182 valence electrons. The lowest BCUT2D eigenvalue weighted by molar-refractivity contribution is -0.120. The number of hydrogen-bond donors (Lipinski definition) is 0. The quantitative estimate of drug-likeness (QED) is 0.335. The third-order valence-electron chi connectivity index (χ3n) is 6.55. The first-order valence-corrected chi connectivity index (χ1v) is 12.5. The van der Waals surface area contributed by atoms with Crippen LogP contribution in [0.4, 0.5) is 5.69 Å². The minimum Gasteiger partial charge on any atom is -0.304 e. The van der Waals surface area contributed by atoms with Crippen molar-refractivity contribution in [2.75, 3.05) is 4.90 Å². The smallest absolute Gasteiger partial charge is 0.258 e. The third kappa shape index (κ3) is 4.43. The first-order chi connectivity index (χ1) is 17.4. The topological polar surface area (TPSA) is 67.0 Å². The Hall–Kier alpha value is -3.48. The Morgan fingerprint density at radius 1 is 0.972 bits per heavy atom. The zero-order valence-electron chi connectivity index (χ0n) is 19.9. The van der Waals surface area contributed by atoms with Gasteiger partial charge < -0.3 is 4.90 Å². The number of fused-ring (bicyclic) bond motifs is 2. The number of aromatic nitrogens is 2. The van der Waals surface area contributed by atoms with E-state index in [1.807, 2.05) is 44.2 Å². The number of anilines is 1. The van der Waals surface area contributed by atoms with Crippen molar-refractivity contribution in [2.45, 2.75) is 32.9 Å². The predicted octanol–water partition coefficient (Wildman–Crippen LogP) is 5.80. The van der Waals surface area contributed by atoms with Crippen molar-refractivity contribution in [1.82, 2.24) is 9.38 Å². The molecule has 36 heavy (non-hydrogen) atoms. The Morgan fingerprint density at radius 2 is 1.75 bits per heavy atom. The van der Waals surface area contributed by atoms with Crippen LogP contribution >= 0.6 is 23.2 Å². The molecule has 0 aliphatic carbocycles. The second-order valence-electron chi connectivity index (χ2n) is 8.89. The van der Waals surface area contributed by atoms with Crippen molar-refractivity contribution >= 4 is 46.2 Å². The molecule has 0 radical (unpaired) electrons. The standard InChI is InChI=1S/C28H24Cl2N4O2/c1-3-17(2)26-28(36)34(16-19-15-25(35)33-13-7-6-10-24(33)31-19)23-12-11-18(29)14-21(23)27(32-26)20-8-4-5-9-22(20)30/h4-15,17,26H,3,16H2,1-2H3/t17-,26-/m1/s1. The number of pyridine rings is 1. The van der Waals surface area contributed by atoms with E-state index in [9.17, 15) is 9.59 Å². The summed E-state index contributed by atoms with van der Waals surface area (Å²) < 4.78 is 1.47. The second-order valence-corrected chi connectivity index (χ2v) is 9.73. The summed E-state index contributed by atoms with van der Waals surface area (Å²) in [4.78, 5) is 38.1. The van der Waals surface area contributed by atoms with Gasteiger partial charge in [0.1, 0.15) is 11.7 Å². The molecule has 5 rings (SSSR count). The second kappa shape index (κ2) is 9.88. The predicted molar refractivity (Wildman–Crippen MR) is 144 cm³/mol. The summed E-state index contributed by atoms with van der Waals surface area (Å²) in [5, 5.41) is 1.06. The summed E-state index contributed by atoms with van der Waals surface area (Å²) in [6.07, 6.45) is 2.43. The highest BCUT2D eigenvalue weighted by Crippen LogP contribution is 2.35. The van der Waals surface area contributed by atoms with Gasteiger partial charge in [-0.2, -0.15) is 0 Å². The molecule has 0 fully saturated rings. The summed E-state index contributed by atoms with van der Waals surface area (Å²) in [7, 11) is 0. The van der Waals surface area contributed by atoms with Crippen molar-refractivity contribution in [3.05, 3.63) is 110 Å². The number of hydrogen-bond acceptors (Lipinski definition) is 4. The number of benzodiazepines with no additional fused rings is 1. The zero-order valence-corrected chi connectivity index (χ0v) is 21.4. The monoisotopic (exact) mass is 518 g/mol. The fraction of sp³-hybridized carbons (Fsp3) is 0.214. The summed E-state index contributed by atoms with van der Waals surface area (Å²) in [5.41, 5.74) is 3.49. The summed E-state index contributed by atoms with van der Waals surface area (Å²) in [6, 6.07) is 19.0. The highest BCUT2D eigenvalue weighted by atomic mass is 35.5. The molecule has 4 aromatic rings. The van der Waals surface area contributed by atoms with Crippen LogP contribution in [0.3, 0.4) is 0 Å². The van der Waals surface area contributed by atoms with E-state index in [1.165, 1.54) is 10.5 Å². The maximum atomic E-state index is 14.0. The molecule has 0 spiro atoms. The van der Waals surface area contributed by atoms with Gasteiger partial charge in [0.2, 0.25) is 0 Å². The minimum absolute atomic E-state index is 0.0301. The van der Waals surface area contributed by atoms with Gasteiger partial charge in [-0.3, -0.25) is 19.0 Å². The fourth-order valence-electron chi connectivity index (χ4n) is 4.45. The van der Waals surface area contributed by atoms with E-state index in [1.54, 1.807) is 41.4 Å². The maximum Gasteiger partial charge on any atom is 0.258 e. The van der Waals surface area contributed by atoms with Crippen LogP contribution in [0.15, 0.2) is 82.7 Å². The molecule has 1 amide bonds. The van der Waals surface area contributed by atoms with Gasteiger partial charge in [-0.1, -0.05) is 67.7 Å². The van der Waals surface area contributed by atoms with Crippen molar-refractivity contribution in [3.63, 3.8) is 0 Å². The van der Waals surface area contributed by atoms with Crippen LogP contribution in [0, 0.1) is 5.92 Å². The normalized spacial score (nSPS) is 16.4. The lowest BCUT2D eigenvalue weighted by Gasteiger charge is -2.27. The lowest BCUT2D eigenvalue weighted by atomic mass is 9.97. The van der Waals surface area contributed by atoms with Crippen molar-refractivity contribution in [3.8, 4) is 0 Å². The van der Waals surface area contributed by atoms with Crippen LogP contribution < -0.4 is 10.5 Å². The molecule has 6 nitrogen and oxygen atoms in total. The van der Waals surface area contributed by atoms with Crippen molar-refractivity contribution < 1.29 is 4.79 Å². The average molecular weight is 519 g/mol. The summed E-state index contributed by atoms with van der Waals surface area (Å²) in [6.45, 7) is 4.16. The Bertz CT molecular complexity index is 1560. The summed E-state index contributed by atoms with van der Waals surface area (Å²) in [5.74, 6) is -0.192. The molecule has 0 N–H and O–H groups in total. The van der Waals surface area contributed by atoms with E-state index in [4.69, 9.17) is 28.2 Å². The van der Waals surface area contributed by atoms with Gasteiger partial charge in [0, 0.05) is 33.4 Å². The number of aliphatic imine (C=N–C) groups is 1. The number of carbonyl (C=O) groups excluding carboxylic acids is 1. The molecule has 8 heteroatoms. The molecule has 2 atom stereocenters. The van der Waals surface area contributed by atoms with E-state index in [2.05, 4.69) is 4.98 Å². The van der Waals surface area contributed by atoms with E-state index < -0.39 is 6.04 Å². The van der Waals surface area contributed by atoms with Crippen LogP contribution in [0.25, 0.3) is 5.65 Å². The number of amides is 1. The van der Waals surface area contributed by atoms with Crippen LogP contribution in [0.5, 0.6) is 0 Å². The third-order valence-corrected chi connectivity index (χ3v) is 7.11. The van der Waals surface area contributed by atoms with E-state index >= 15 is 0 Å². The van der Waals surface area contributed by atoms with Crippen LogP contribution in [-0.2, 0) is 11.3 Å². The molecule has 3 heterocycles. The number of halogens is 2. The van der Waals surface area contributed by atoms with Crippen LogP contribution in [0.2, 0.25) is 10.0 Å². The van der Waals surface area contributed by atoms with Crippen molar-refractivity contribution in [2.24, 2.45) is 10.9 Å². The SMILES string of the molecule is CC[C@@H](C)[C@H]1N=C(c2ccccc2Cl)c2cc(Cl)ccc2N(Cc2cc(=O)n3ccccc3n2)C1=O. The van der Waals surface area contributed by atoms with E-state index in [0.717, 1.165) is 12.0 Å². The first-order valence-electron chi connectivity index (χ1n) is 11.8. The van der Waals surface area contributed by atoms with Gasteiger partial charge in [-0.05, 0) is 42.3 Å². The molecular formula is C28H24Cl2N4O2. The fourth-order valence-corrected chi connectivity index (χ4v) is 4.84. The molecule has 2 aromatic heterocycles. The summed E-state index contributed by atoms with van der Waals surface area (Å²) >= 11 is 13.0. The van der Waals surface area contributed by atoms with Crippen LogP contribution in [0.1, 0.15) is 37.1 Å². The molecule has 0 bridgehead atoms. The van der Waals surface area contributed by atoms with E-state index in [-0.39, 0.29) is 23.9 Å². The number of carbonyl (C=O) groups is 1. The highest BCUT2D eigenvalue weighted by Gasteiger charge is 2.35. The molecular weight excluding hydrogens is 495 g/mol. The van der Waals surface area contributed by atoms with Gasteiger partial charge in [0.05, 0.1) is 23.6 Å². The highest BCUT2D eigenvalue weighted by molar-refractivity contribution is 6.37. The minimum atomic E-state index is -0.644. The number of nitrogens with zero attached hydrogens (tertiary/aromatic N) is 4. The van der Waals surface area contributed by atoms with Crippen LogP contribution in [-0.4, -0.2) is 27.0 Å². The van der Waals surface area contributed by atoms with Gasteiger partial charge in [-0.25, -0.2) is 4.98 Å². The van der Waals surface area contributed by atoms with Gasteiger partial charge in [0.25, 0.3) is 11.5 Å².